The summed E-state index contributed by atoms with van der Waals surface area (Å²) < 4.78 is 0. The molecule has 1 aromatic rings. The molecule has 1 saturated heterocycles. The van der Waals surface area contributed by atoms with Crippen LogP contribution in [0.15, 0.2) is 24.3 Å². The van der Waals surface area contributed by atoms with Crippen LogP contribution in [0, 0.1) is 0 Å². The molecule has 0 unspecified atom stereocenters. The van der Waals surface area contributed by atoms with Crippen molar-refractivity contribution in [3.8, 4) is 5.75 Å². The van der Waals surface area contributed by atoms with Gasteiger partial charge in [-0.25, -0.2) is 4.79 Å². The Hall–Kier alpha value is -1.92. The lowest BCUT2D eigenvalue weighted by molar-refractivity contribution is -0.149. The molecule has 1 heterocycles. The van der Waals surface area contributed by atoms with Crippen LogP contribution in [-0.4, -0.2) is 40.1 Å². The molecule has 6 nitrogen and oxygen atoms in total. The molecule has 5 N–H and O–H groups in total. The number of carboxylic acid groups (broad SMARTS) is 1. The fraction of sp³-hybridized carbons (Fsp3) is 0.429. The molecule has 20 heavy (non-hydrogen) atoms. The predicted molar refractivity (Wildman–Crippen MR) is 72.4 cm³/mol. The molecule has 6 heteroatoms. The number of aliphatic carboxylic acids is 1. The Labute approximate surface area is 116 Å². The van der Waals surface area contributed by atoms with E-state index in [-0.39, 0.29) is 18.6 Å². The molecule has 1 aliphatic rings. The van der Waals surface area contributed by atoms with Gasteiger partial charge in [-0.1, -0.05) is 12.1 Å². The van der Waals surface area contributed by atoms with Crippen molar-refractivity contribution < 1.29 is 19.8 Å². The van der Waals surface area contributed by atoms with Crippen molar-refractivity contribution >= 4 is 11.8 Å². The highest BCUT2D eigenvalue weighted by atomic mass is 16.4. The third kappa shape index (κ3) is 2.66. The fourth-order valence-corrected chi connectivity index (χ4v) is 2.54. The van der Waals surface area contributed by atoms with Crippen molar-refractivity contribution in [3.63, 3.8) is 0 Å². The van der Waals surface area contributed by atoms with Gasteiger partial charge in [0.2, 0.25) is 0 Å². The second-order valence-corrected chi connectivity index (χ2v) is 5.08. The smallest absolute Gasteiger partial charge is 0.331 e. The van der Waals surface area contributed by atoms with E-state index in [2.05, 4.69) is 5.32 Å². The number of ketones is 1. The lowest BCUT2D eigenvalue weighted by Crippen LogP contribution is -2.60. The number of phenols is 1. The summed E-state index contributed by atoms with van der Waals surface area (Å²) in [4.78, 5) is 23.8. The highest BCUT2D eigenvalue weighted by Crippen LogP contribution is 2.23. The normalized spacial score (nSPS) is 23.4. The number of benzene rings is 1. The molecule has 0 aromatic heterocycles. The zero-order chi connectivity index (χ0) is 14.8. The van der Waals surface area contributed by atoms with Gasteiger partial charge in [-0.15, -0.1) is 0 Å². The summed E-state index contributed by atoms with van der Waals surface area (Å²) in [6.45, 7) is 0.504. The number of carbonyl (C=O) groups is 2. The van der Waals surface area contributed by atoms with Crippen molar-refractivity contribution in [1.29, 1.82) is 0 Å². The average molecular weight is 278 g/mol. The van der Waals surface area contributed by atoms with E-state index in [1.54, 1.807) is 12.1 Å². The van der Waals surface area contributed by atoms with Crippen LogP contribution < -0.4 is 11.1 Å². The number of aromatic hydroxyl groups is 1. The number of nitrogens with two attached hydrogens (primary N) is 1. The maximum atomic E-state index is 12.4. The van der Waals surface area contributed by atoms with Crippen molar-refractivity contribution in [2.45, 2.75) is 30.8 Å². The van der Waals surface area contributed by atoms with E-state index < -0.39 is 23.3 Å². The molecule has 0 amide bonds. The quantitative estimate of drug-likeness (QED) is 0.566. The maximum absolute atomic E-state index is 12.4. The van der Waals surface area contributed by atoms with E-state index in [0.29, 0.717) is 13.0 Å². The first-order valence-electron chi connectivity index (χ1n) is 6.52. The molecular formula is C14H18N2O4. The van der Waals surface area contributed by atoms with Gasteiger partial charge in [0.15, 0.2) is 11.3 Å². The van der Waals surface area contributed by atoms with Crippen LogP contribution >= 0.6 is 0 Å². The monoisotopic (exact) mass is 278 g/mol. The maximum Gasteiger partial charge on any atom is 0.331 e. The van der Waals surface area contributed by atoms with Crippen molar-refractivity contribution in [2.75, 3.05) is 6.54 Å². The van der Waals surface area contributed by atoms with Crippen molar-refractivity contribution in [1.82, 2.24) is 5.32 Å². The molecule has 0 radical (unpaired) electrons. The molecule has 0 saturated carbocycles. The molecule has 108 valence electrons. The molecule has 0 spiro atoms. The SMILES string of the molecule is N[C@@H](Cc1ccc(O)cc1)C(=O)[C@@]1(C(=O)O)CCCN1. The lowest BCUT2D eigenvalue weighted by Gasteiger charge is -2.26. The summed E-state index contributed by atoms with van der Waals surface area (Å²) in [5, 5.41) is 21.3. The number of hydrogen-bond acceptors (Lipinski definition) is 5. The van der Waals surface area contributed by atoms with Gasteiger partial charge in [0, 0.05) is 0 Å². The number of carbonyl (C=O) groups excluding carboxylic acids is 1. The Balaban J connectivity index is 2.11. The third-order valence-corrected chi connectivity index (χ3v) is 3.67. The summed E-state index contributed by atoms with van der Waals surface area (Å²) in [5.74, 6) is -1.52. The molecule has 1 aliphatic heterocycles. The standard InChI is InChI=1S/C14H18N2O4/c15-11(8-9-2-4-10(17)5-3-9)12(18)14(13(19)20)6-1-7-16-14/h2-5,11,16-17H,1,6-8,15H2,(H,19,20)/t11-,14+/m0/s1. The van der Waals surface area contributed by atoms with Gasteiger partial charge in [0.1, 0.15) is 5.75 Å². The summed E-state index contributed by atoms with van der Waals surface area (Å²) in [7, 11) is 0. The molecule has 1 fully saturated rings. The second-order valence-electron chi connectivity index (χ2n) is 5.08. The number of Topliss-reactive ketones (excluding diaryl/α,β-unsaturated/α-hetero) is 1. The lowest BCUT2D eigenvalue weighted by atomic mass is 9.86. The topological polar surface area (TPSA) is 113 Å². The van der Waals surface area contributed by atoms with Crippen LogP contribution in [0.3, 0.4) is 0 Å². The Morgan fingerprint density at radius 2 is 2.00 bits per heavy atom. The van der Waals surface area contributed by atoms with E-state index in [0.717, 1.165) is 5.56 Å². The Kier molecular flexibility index (Phi) is 4.06. The number of rotatable bonds is 5. The molecule has 0 aliphatic carbocycles. The number of phenolic OH excluding ortho intramolecular Hbond substituents is 1. The minimum atomic E-state index is -1.55. The highest BCUT2D eigenvalue weighted by molar-refractivity contribution is 6.10. The largest absolute Gasteiger partial charge is 0.508 e. The number of nitrogens with one attached hydrogen (secondary N) is 1. The van der Waals surface area contributed by atoms with Gasteiger partial charge in [0.25, 0.3) is 0 Å². The zero-order valence-corrected chi connectivity index (χ0v) is 11.0. The van der Waals surface area contributed by atoms with Gasteiger partial charge in [-0.05, 0) is 43.5 Å². The van der Waals surface area contributed by atoms with Gasteiger partial charge >= 0.3 is 5.97 Å². The molecule has 1 aromatic carbocycles. The Bertz CT molecular complexity index is 506. The van der Waals surface area contributed by atoms with Crippen molar-refractivity contribution in [3.05, 3.63) is 29.8 Å². The minimum absolute atomic E-state index is 0.133. The van der Waals surface area contributed by atoms with Crippen LogP contribution in [-0.2, 0) is 16.0 Å². The zero-order valence-electron chi connectivity index (χ0n) is 11.0. The first-order valence-corrected chi connectivity index (χ1v) is 6.52. The highest BCUT2D eigenvalue weighted by Gasteiger charge is 2.49. The number of hydrogen-bond donors (Lipinski definition) is 4. The van der Waals surface area contributed by atoms with E-state index in [9.17, 15) is 19.8 Å². The predicted octanol–water partition coefficient (Wildman–Crippen LogP) is 0.0379. The van der Waals surface area contributed by atoms with Crippen LogP contribution in [0.1, 0.15) is 18.4 Å². The summed E-state index contributed by atoms with van der Waals surface area (Å²) in [5.41, 5.74) is 5.11. The summed E-state index contributed by atoms with van der Waals surface area (Å²) in [6, 6.07) is 5.46. The van der Waals surface area contributed by atoms with Crippen molar-refractivity contribution in [2.24, 2.45) is 5.73 Å². The van der Waals surface area contributed by atoms with E-state index in [4.69, 9.17) is 5.73 Å². The Morgan fingerprint density at radius 1 is 1.35 bits per heavy atom. The van der Waals surface area contributed by atoms with E-state index >= 15 is 0 Å². The molecule has 2 atom stereocenters. The molecule has 0 bridgehead atoms. The van der Waals surface area contributed by atoms with Gasteiger partial charge in [-0.3, -0.25) is 10.1 Å². The third-order valence-electron chi connectivity index (χ3n) is 3.67. The van der Waals surface area contributed by atoms with Gasteiger partial charge in [0.05, 0.1) is 6.04 Å². The summed E-state index contributed by atoms with van der Waals surface area (Å²) in [6.07, 6.45) is 1.16. The van der Waals surface area contributed by atoms with E-state index in [1.807, 2.05) is 0 Å². The van der Waals surface area contributed by atoms with Gasteiger partial charge < -0.3 is 15.9 Å². The van der Waals surface area contributed by atoms with Gasteiger partial charge in [-0.2, -0.15) is 0 Å². The van der Waals surface area contributed by atoms with Crippen LogP contribution in [0.2, 0.25) is 0 Å². The minimum Gasteiger partial charge on any atom is -0.508 e. The first kappa shape index (κ1) is 14.5. The fourth-order valence-electron chi connectivity index (χ4n) is 2.54. The number of carboxylic acids is 1. The first-order chi connectivity index (χ1) is 9.45. The second kappa shape index (κ2) is 5.60. The van der Waals surface area contributed by atoms with Crippen LogP contribution in [0.25, 0.3) is 0 Å². The van der Waals surface area contributed by atoms with Crippen LogP contribution in [0.4, 0.5) is 0 Å². The molecular weight excluding hydrogens is 260 g/mol. The summed E-state index contributed by atoms with van der Waals surface area (Å²) >= 11 is 0. The Morgan fingerprint density at radius 3 is 2.50 bits per heavy atom. The average Bonchev–Trinajstić information content (AvgIpc) is 2.91. The molecule has 2 rings (SSSR count). The van der Waals surface area contributed by atoms with E-state index in [1.165, 1.54) is 12.1 Å². The van der Waals surface area contributed by atoms with Crippen LogP contribution in [0.5, 0.6) is 5.75 Å².